The van der Waals surface area contributed by atoms with Gasteiger partial charge in [0.25, 0.3) is 5.91 Å². The highest BCUT2D eigenvalue weighted by molar-refractivity contribution is 7.13. The molecule has 3 aromatic carbocycles. The predicted molar refractivity (Wildman–Crippen MR) is 341 cm³/mol. The maximum absolute atomic E-state index is 14.8. The Hall–Kier alpha value is -8.26. The van der Waals surface area contributed by atoms with Crippen molar-refractivity contribution in [1.29, 1.82) is 0 Å². The fourth-order valence-electron chi connectivity index (χ4n) is 12.2. The van der Waals surface area contributed by atoms with E-state index in [0.717, 1.165) is 27.4 Å². The van der Waals surface area contributed by atoms with E-state index in [1.54, 1.807) is 56.5 Å². The molecule has 1 aliphatic carbocycles. The summed E-state index contributed by atoms with van der Waals surface area (Å²) < 4.78 is 36.2. The van der Waals surface area contributed by atoms with E-state index in [1.807, 2.05) is 84.3 Å². The first-order valence-corrected chi connectivity index (χ1v) is 32.1. The molecule has 1 saturated carbocycles. The summed E-state index contributed by atoms with van der Waals surface area (Å²) in [6, 6.07) is 19.6. The van der Waals surface area contributed by atoms with Crippen LogP contribution in [-0.4, -0.2) is 183 Å². The van der Waals surface area contributed by atoms with E-state index in [1.165, 1.54) is 28.4 Å². The van der Waals surface area contributed by atoms with Crippen LogP contribution >= 0.6 is 11.3 Å². The molecular formula is C66H82F2N14O8S. The molecule has 3 aliphatic heterocycles. The first-order chi connectivity index (χ1) is 43.7. The van der Waals surface area contributed by atoms with Crippen LogP contribution in [0.3, 0.4) is 0 Å². The number of anilines is 2. The number of β-amino-alcohol motifs (C(OH)–C–C–N with tert-alkyl or cyclic N) is 1. The number of aliphatic hydroxyl groups excluding tert-OH is 1. The molecule has 10 rings (SSSR count). The lowest BCUT2D eigenvalue weighted by molar-refractivity contribution is -0.145. The summed E-state index contributed by atoms with van der Waals surface area (Å²) >= 11 is 1.50. The lowest BCUT2D eigenvalue weighted by atomic mass is 9.85. The number of unbranched alkanes of at least 4 members (excludes halogenated alkanes) is 2. The van der Waals surface area contributed by atoms with Crippen molar-refractivity contribution in [3.63, 3.8) is 0 Å². The van der Waals surface area contributed by atoms with Crippen molar-refractivity contribution >= 4 is 58.7 Å². The number of methoxy groups -OCH3 is 1. The van der Waals surface area contributed by atoms with Gasteiger partial charge >= 0.3 is 6.03 Å². The minimum atomic E-state index is -2.03. The highest BCUT2D eigenvalue weighted by Gasteiger charge is 2.53. The molecule has 25 heteroatoms. The Morgan fingerprint density at radius 3 is 2.26 bits per heavy atom. The third-order valence-corrected chi connectivity index (χ3v) is 18.5. The maximum Gasteiger partial charge on any atom is 0.320 e. The van der Waals surface area contributed by atoms with E-state index < -0.39 is 59.1 Å². The van der Waals surface area contributed by atoms with Gasteiger partial charge in [-0.15, -0.1) is 11.3 Å². The molecule has 91 heavy (non-hydrogen) atoms. The number of thiazole rings is 1. The number of hydrogen-bond acceptors (Lipinski definition) is 15. The standard InChI is InChI=1S/C66H82F2N14O8S/c1-41-56(77-82(48-16-9-7-10-17-48)59(41)76-64(89)74-52-39-78(30-31-90-6)38-50(52)45-14-13-15-47(67)32-45)46-35-70-63(71-36-46)80-28-26-79(27-29-80)55(85)18-11-8-12-25-69-54(84)34-51(43-19-21-44(22-20-43)57-42(2)72-40-91-57)73-60(86)53-33-49(83)37-81(53)61(87)58(65(3,4)5)75-62(88)66(68)23-24-66/h7,9-10,13-17,19-22,32,35-36,40,49-53,58,83H,8,11-12,18,23-31,33-34,37-39H2,1-6H3,(H,69,84)(H,73,86)(H,75,88)(H2,74,76,89)/t49-,50+,51+,52-,53+,58-/m1/s1. The second kappa shape index (κ2) is 28.9. The second-order valence-corrected chi connectivity index (χ2v) is 26.1. The van der Waals surface area contributed by atoms with E-state index in [4.69, 9.17) is 19.8 Å². The minimum absolute atomic E-state index is 0.0384. The summed E-state index contributed by atoms with van der Waals surface area (Å²) in [6.45, 7) is 13.6. The first kappa shape index (κ1) is 65.7. The quantitative estimate of drug-likeness (QED) is 0.0333. The van der Waals surface area contributed by atoms with Crippen LogP contribution in [0.1, 0.15) is 106 Å². The van der Waals surface area contributed by atoms with E-state index in [0.29, 0.717) is 119 Å². The van der Waals surface area contributed by atoms with Gasteiger partial charge in [0, 0.05) is 108 Å². The van der Waals surface area contributed by atoms with Crippen LogP contribution in [0.5, 0.6) is 0 Å². The van der Waals surface area contributed by atoms with Gasteiger partial charge in [-0.25, -0.2) is 33.2 Å². The van der Waals surface area contributed by atoms with Crippen molar-refractivity contribution in [3.8, 4) is 27.4 Å². The zero-order valence-corrected chi connectivity index (χ0v) is 53.2. The largest absolute Gasteiger partial charge is 0.391 e. The Balaban J connectivity index is 0.698. The lowest BCUT2D eigenvalue weighted by Gasteiger charge is -2.36. The number of carbonyl (C=O) groups is 6. The molecule has 484 valence electrons. The normalized spacial score (nSPS) is 19.6. The summed E-state index contributed by atoms with van der Waals surface area (Å²) in [6.07, 6.45) is 4.58. The number of benzene rings is 3. The second-order valence-electron chi connectivity index (χ2n) is 25.3. The fourth-order valence-corrected chi connectivity index (χ4v) is 13.0. The van der Waals surface area contributed by atoms with Crippen LogP contribution in [0, 0.1) is 25.1 Å². The van der Waals surface area contributed by atoms with Gasteiger partial charge in [-0.3, -0.25) is 34.2 Å². The number of halogens is 2. The minimum Gasteiger partial charge on any atom is -0.391 e. The number of ether oxygens (including phenoxy) is 1. The zero-order chi connectivity index (χ0) is 64.6. The molecule has 0 unspecified atom stereocenters. The predicted octanol–water partition coefficient (Wildman–Crippen LogP) is 7.01. The smallest absolute Gasteiger partial charge is 0.320 e. The molecule has 0 bridgehead atoms. The average molecular weight is 1270 g/mol. The Bertz CT molecular complexity index is 3540. The number of rotatable bonds is 24. The first-order valence-electron chi connectivity index (χ1n) is 31.3. The molecule has 4 aliphatic rings. The number of piperazine rings is 1. The van der Waals surface area contributed by atoms with Gasteiger partial charge in [0.15, 0.2) is 5.67 Å². The zero-order valence-electron chi connectivity index (χ0n) is 52.4. The van der Waals surface area contributed by atoms with Crippen LogP contribution in [0.2, 0.25) is 0 Å². The fraction of sp³-hybridized carbons (Fsp3) is 0.485. The number of amides is 7. The number of likely N-dealkylation sites (tertiary alicyclic amines) is 2. The van der Waals surface area contributed by atoms with E-state index in [9.17, 15) is 42.7 Å². The Labute approximate surface area is 532 Å². The number of hydrogen-bond donors (Lipinski definition) is 6. The Kier molecular flexibility index (Phi) is 20.9. The third kappa shape index (κ3) is 16.1. The highest BCUT2D eigenvalue weighted by Crippen LogP contribution is 2.41. The highest BCUT2D eigenvalue weighted by atomic mass is 32.1. The van der Waals surface area contributed by atoms with Gasteiger partial charge in [-0.05, 0) is 85.9 Å². The molecule has 0 radical (unpaired) electrons. The van der Waals surface area contributed by atoms with Crippen molar-refractivity contribution in [2.24, 2.45) is 5.41 Å². The van der Waals surface area contributed by atoms with Crippen LogP contribution in [0.15, 0.2) is 96.8 Å². The number of nitrogens with zero attached hydrogens (tertiary/aromatic N) is 9. The molecule has 6 atom stereocenters. The van der Waals surface area contributed by atoms with Crippen LogP contribution in [0.25, 0.3) is 27.4 Å². The van der Waals surface area contributed by atoms with Crippen molar-refractivity contribution in [2.75, 3.05) is 82.8 Å². The molecule has 0 spiro atoms. The van der Waals surface area contributed by atoms with Crippen molar-refractivity contribution in [2.45, 2.75) is 128 Å². The number of carbonyl (C=O) groups excluding carboxylic acids is 6. The number of aromatic nitrogens is 5. The summed E-state index contributed by atoms with van der Waals surface area (Å²) in [7, 11) is 1.65. The van der Waals surface area contributed by atoms with E-state index in [-0.39, 0.29) is 61.8 Å². The molecule has 6 aromatic rings. The number of aliphatic hydroxyl groups is 1. The molecule has 22 nitrogen and oxygen atoms in total. The topological polar surface area (TPSA) is 261 Å². The van der Waals surface area contributed by atoms with Crippen molar-refractivity contribution in [1.82, 2.24) is 60.7 Å². The molecule has 7 amide bonds. The molecule has 3 aromatic heterocycles. The number of aryl methyl sites for hydroxylation is 1. The van der Waals surface area contributed by atoms with Crippen LogP contribution in [-0.2, 0) is 28.7 Å². The number of alkyl halides is 1. The molecular weight excluding hydrogens is 1190 g/mol. The third-order valence-electron chi connectivity index (χ3n) is 17.5. The van der Waals surface area contributed by atoms with Gasteiger partial charge in [0.1, 0.15) is 29.4 Å². The van der Waals surface area contributed by atoms with Crippen molar-refractivity contribution in [3.05, 3.63) is 125 Å². The monoisotopic (exact) mass is 1270 g/mol. The molecule has 6 N–H and O–H groups in total. The van der Waals surface area contributed by atoms with Gasteiger partial charge < -0.3 is 45.8 Å². The summed E-state index contributed by atoms with van der Waals surface area (Å²) in [5, 5.41) is 30.6. The maximum atomic E-state index is 14.8. The Morgan fingerprint density at radius 2 is 1.59 bits per heavy atom. The van der Waals surface area contributed by atoms with Gasteiger partial charge in [-0.2, -0.15) is 5.10 Å². The van der Waals surface area contributed by atoms with E-state index in [2.05, 4.69) is 36.5 Å². The van der Waals surface area contributed by atoms with Gasteiger partial charge in [0.2, 0.25) is 29.6 Å². The van der Waals surface area contributed by atoms with Crippen LogP contribution in [0.4, 0.5) is 25.3 Å². The van der Waals surface area contributed by atoms with E-state index >= 15 is 0 Å². The number of urea groups is 1. The number of nitrogens with one attached hydrogen (secondary N) is 5. The van der Waals surface area contributed by atoms with Gasteiger partial charge in [0.05, 0.1) is 53.0 Å². The summed E-state index contributed by atoms with van der Waals surface area (Å²) in [4.78, 5) is 105. The molecule has 4 fully saturated rings. The summed E-state index contributed by atoms with van der Waals surface area (Å²) in [5.74, 6) is -1.84. The molecule has 3 saturated heterocycles. The summed E-state index contributed by atoms with van der Waals surface area (Å²) in [5.41, 5.74) is 4.79. The molecule has 6 heterocycles. The Morgan fingerprint density at radius 1 is 0.857 bits per heavy atom. The number of para-hydroxylation sites is 1. The van der Waals surface area contributed by atoms with Crippen molar-refractivity contribution < 1.29 is 47.4 Å². The lowest BCUT2D eigenvalue weighted by Crippen LogP contribution is -2.59. The van der Waals surface area contributed by atoms with Gasteiger partial charge in [-0.1, -0.05) is 81.8 Å². The average Bonchev–Trinajstić information content (AvgIpc) is 1.69. The van der Waals surface area contributed by atoms with Crippen LogP contribution < -0.4 is 31.5 Å². The SMILES string of the molecule is COCCN1C[C@@H](NC(=O)Nc2c(C)c(-c3cnc(N4CCN(C(=O)CCCCCNC(=O)C[C@H](NC(=O)[C@@H]5C[C@@H](O)CN5C(=O)[C@@H](NC(=O)C5(F)CC5)C(C)(C)C)c5ccc(-c6scnc6C)cc5)CC4)nc3)nn2-c2ccccc2)[C@H](c2cccc(F)c2)C1.